The number of phenolic OH excluding ortho intramolecular Hbond substituents is 1. The summed E-state index contributed by atoms with van der Waals surface area (Å²) in [5, 5.41) is 10.6. The number of esters is 1. The van der Waals surface area contributed by atoms with Crippen LogP contribution in [0.5, 0.6) is 11.5 Å². The first-order chi connectivity index (χ1) is 17.2. The van der Waals surface area contributed by atoms with Gasteiger partial charge in [0, 0.05) is 10.0 Å². The second-order valence-corrected chi connectivity index (χ2v) is 10.1. The highest BCUT2D eigenvalue weighted by Crippen LogP contribution is 2.33. The highest BCUT2D eigenvalue weighted by Gasteiger charge is 2.33. The van der Waals surface area contributed by atoms with Gasteiger partial charge in [-0.2, -0.15) is 0 Å². The van der Waals surface area contributed by atoms with Crippen molar-refractivity contribution in [3.63, 3.8) is 0 Å². The van der Waals surface area contributed by atoms with Gasteiger partial charge in [-0.05, 0) is 49.8 Å². The van der Waals surface area contributed by atoms with Crippen molar-refractivity contribution in [3.8, 4) is 11.5 Å². The summed E-state index contributed by atoms with van der Waals surface area (Å²) in [6.45, 7) is 7.63. The minimum atomic E-state index is -0.754. The van der Waals surface area contributed by atoms with E-state index in [4.69, 9.17) is 21.1 Å². The molecular weight excluding hydrogens is 568 g/mol. The van der Waals surface area contributed by atoms with Gasteiger partial charge in [0.2, 0.25) is 0 Å². The van der Waals surface area contributed by atoms with Gasteiger partial charge in [0.1, 0.15) is 18.1 Å². The van der Waals surface area contributed by atoms with E-state index < -0.39 is 12.0 Å². The third-order valence-corrected chi connectivity index (χ3v) is 7.15. The monoisotopic (exact) mass is 588 g/mol. The molecule has 1 aliphatic rings. The maximum Gasteiger partial charge on any atom is 0.338 e. The molecule has 4 rings (SSSR count). The Kier molecular flexibility index (Phi) is 7.82. The van der Waals surface area contributed by atoms with Crippen molar-refractivity contribution in [1.29, 1.82) is 0 Å². The number of benzene rings is 2. The average molecular weight is 590 g/mol. The van der Waals surface area contributed by atoms with E-state index in [0.29, 0.717) is 43.0 Å². The number of thiazole rings is 1. The van der Waals surface area contributed by atoms with Crippen molar-refractivity contribution >= 4 is 50.9 Å². The number of phenols is 1. The van der Waals surface area contributed by atoms with Crippen molar-refractivity contribution in [1.82, 2.24) is 4.57 Å². The van der Waals surface area contributed by atoms with Gasteiger partial charge in [-0.15, -0.1) is 0 Å². The Bertz CT molecular complexity index is 1560. The number of halogens is 2. The number of carbonyl (C=O) groups excluding carboxylic acids is 1. The molecule has 186 valence electrons. The van der Waals surface area contributed by atoms with Gasteiger partial charge in [0.15, 0.2) is 4.80 Å². The van der Waals surface area contributed by atoms with E-state index in [-0.39, 0.29) is 28.5 Å². The Morgan fingerprint density at radius 1 is 1.33 bits per heavy atom. The van der Waals surface area contributed by atoms with Crippen LogP contribution in [0.4, 0.5) is 0 Å². The highest BCUT2D eigenvalue weighted by molar-refractivity contribution is 9.10. The zero-order valence-electron chi connectivity index (χ0n) is 19.5. The van der Waals surface area contributed by atoms with E-state index in [1.165, 1.54) is 4.57 Å². The predicted molar refractivity (Wildman–Crippen MR) is 143 cm³/mol. The molecule has 0 spiro atoms. The first-order valence-electron chi connectivity index (χ1n) is 11.0. The second kappa shape index (κ2) is 10.9. The van der Waals surface area contributed by atoms with Crippen LogP contribution in [0.1, 0.15) is 31.0 Å². The zero-order valence-corrected chi connectivity index (χ0v) is 22.6. The van der Waals surface area contributed by atoms with Crippen LogP contribution in [0.15, 0.2) is 74.6 Å². The van der Waals surface area contributed by atoms with E-state index in [1.807, 2.05) is 0 Å². The molecular formula is C26H22BrClN2O5S. The average Bonchev–Trinajstić information content (AvgIpc) is 3.14. The summed E-state index contributed by atoms with van der Waals surface area (Å²) in [6, 6.07) is 9.62. The molecule has 0 radical (unpaired) electrons. The van der Waals surface area contributed by atoms with Gasteiger partial charge >= 0.3 is 5.97 Å². The third kappa shape index (κ3) is 5.04. The number of hydrogen-bond donors (Lipinski definition) is 1. The summed E-state index contributed by atoms with van der Waals surface area (Å²) in [7, 11) is 0. The normalized spacial score (nSPS) is 15.3. The summed E-state index contributed by atoms with van der Waals surface area (Å²) in [5.74, 6) is -0.0476. The lowest BCUT2D eigenvalue weighted by Gasteiger charge is -2.24. The van der Waals surface area contributed by atoms with Crippen LogP contribution in [0, 0.1) is 0 Å². The second-order valence-electron chi connectivity index (χ2n) is 7.80. The van der Waals surface area contributed by atoms with Crippen molar-refractivity contribution < 1.29 is 19.4 Å². The molecule has 0 saturated heterocycles. The topological polar surface area (TPSA) is 90.1 Å². The van der Waals surface area contributed by atoms with Crippen LogP contribution in [0.2, 0.25) is 5.02 Å². The van der Waals surface area contributed by atoms with E-state index in [0.717, 1.165) is 11.3 Å². The smallest absolute Gasteiger partial charge is 0.338 e. The summed E-state index contributed by atoms with van der Waals surface area (Å²) in [4.78, 5) is 31.6. The molecule has 0 saturated carbocycles. The quantitative estimate of drug-likeness (QED) is 0.324. The first-order valence-corrected chi connectivity index (χ1v) is 12.9. The van der Waals surface area contributed by atoms with Crippen LogP contribution in [0.25, 0.3) is 6.08 Å². The van der Waals surface area contributed by atoms with Gasteiger partial charge in [-0.3, -0.25) is 9.36 Å². The molecule has 7 nitrogen and oxygen atoms in total. The lowest BCUT2D eigenvalue weighted by Crippen LogP contribution is -2.39. The van der Waals surface area contributed by atoms with Gasteiger partial charge in [0.25, 0.3) is 5.56 Å². The van der Waals surface area contributed by atoms with E-state index in [9.17, 15) is 14.7 Å². The molecule has 0 bridgehead atoms. The van der Waals surface area contributed by atoms with Crippen LogP contribution < -0.4 is 19.6 Å². The molecule has 36 heavy (non-hydrogen) atoms. The molecule has 0 amide bonds. The summed E-state index contributed by atoms with van der Waals surface area (Å²) < 4.78 is 13.3. The lowest BCUT2D eigenvalue weighted by atomic mass is 9.96. The molecule has 0 aliphatic carbocycles. The molecule has 1 aromatic heterocycles. The number of fused-ring (bicyclic) bond motifs is 1. The van der Waals surface area contributed by atoms with Gasteiger partial charge in [0.05, 0.1) is 33.5 Å². The minimum absolute atomic E-state index is 0.138. The van der Waals surface area contributed by atoms with Gasteiger partial charge in [-0.1, -0.05) is 63.7 Å². The minimum Gasteiger partial charge on any atom is -0.506 e. The molecule has 1 N–H and O–H groups in total. The van der Waals surface area contributed by atoms with Crippen LogP contribution >= 0.6 is 38.9 Å². The Balaban J connectivity index is 1.92. The largest absolute Gasteiger partial charge is 0.506 e. The fourth-order valence-corrected chi connectivity index (χ4v) is 5.72. The molecule has 0 fully saturated rings. The lowest BCUT2D eigenvalue weighted by molar-refractivity contribution is -0.139. The van der Waals surface area contributed by atoms with Crippen molar-refractivity contribution in [3.05, 3.63) is 101 Å². The SMILES string of the molecule is C=CCOc1ccc([C@@H]2C(C(=O)OCC)=C(C)N=c3s/c(=C\c4cc(Br)cc(Cl)c4O)c(=O)n32)cc1. The van der Waals surface area contributed by atoms with Crippen LogP contribution in [0.3, 0.4) is 0 Å². The Morgan fingerprint density at radius 2 is 2.06 bits per heavy atom. The standard InChI is InChI=1S/C26H22BrClN2O5S/c1-4-10-35-18-8-6-15(7-9-18)22-21(25(33)34-5-2)14(3)29-26-30(22)24(32)20(36-26)12-16-11-17(27)13-19(28)23(16)31/h4,6-9,11-13,22,31H,1,5,10H2,2-3H3/b20-12-/t22-/m1/s1. The fourth-order valence-electron chi connectivity index (χ4n) is 3.85. The van der Waals surface area contributed by atoms with E-state index in [1.54, 1.807) is 62.4 Å². The molecule has 10 heteroatoms. The van der Waals surface area contributed by atoms with Gasteiger partial charge < -0.3 is 14.6 Å². The molecule has 0 unspecified atom stereocenters. The van der Waals surface area contributed by atoms with Crippen molar-refractivity contribution in [2.24, 2.45) is 4.99 Å². The summed E-state index contributed by atoms with van der Waals surface area (Å²) in [6.07, 6.45) is 3.20. The Hall–Kier alpha value is -3.14. The first kappa shape index (κ1) is 25.9. The molecule has 1 aliphatic heterocycles. The number of rotatable bonds is 7. The van der Waals surface area contributed by atoms with Gasteiger partial charge in [-0.25, -0.2) is 9.79 Å². The maximum absolute atomic E-state index is 13.7. The Labute approximate surface area is 224 Å². The number of ether oxygens (including phenoxy) is 2. The predicted octanol–water partition coefficient (Wildman–Crippen LogP) is 4.48. The third-order valence-electron chi connectivity index (χ3n) is 5.42. The summed E-state index contributed by atoms with van der Waals surface area (Å²) in [5.41, 5.74) is 1.46. The molecule has 2 aromatic carbocycles. The van der Waals surface area contributed by atoms with Crippen LogP contribution in [-0.2, 0) is 9.53 Å². The fraction of sp³-hybridized carbons (Fsp3) is 0.192. The number of nitrogens with zero attached hydrogens (tertiary/aromatic N) is 2. The van der Waals surface area contributed by atoms with E-state index >= 15 is 0 Å². The van der Waals surface area contributed by atoms with E-state index in [2.05, 4.69) is 27.5 Å². The number of carbonyl (C=O) groups is 1. The maximum atomic E-state index is 13.7. The van der Waals surface area contributed by atoms with Crippen LogP contribution in [-0.4, -0.2) is 28.9 Å². The highest BCUT2D eigenvalue weighted by atomic mass is 79.9. The molecule has 1 atom stereocenters. The summed E-state index contributed by atoms with van der Waals surface area (Å²) >= 11 is 10.6. The van der Waals surface area contributed by atoms with Crippen molar-refractivity contribution in [2.45, 2.75) is 19.9 Å². The zero-order chi connectivity index (χ0) is 26.0. The molecule has 2 heterocycles. The Morgan fingerprint density at radius 3 is 2.72 bits per heavy atom. The number of aromatic hydroxyl groups is 1. The van der Waals surface area contributed by atoms with Crippen molar-refractivity contribution in [2.75, 3.05) is 13.2 Å². The number of aromatic nitrogens is 1. The number of hydrogen-bond acceptors (Lipinski definition) is 7. The molecule has 3 aromatic rings. The number of allylic oxidation sites excluding steroid dienone is 1.